The van der Waals surface area contributed by atoms with Crippen molar-refractivity contribution in [3.63, 3.8) is 0 Å². The summed E-state index contributed by atoms with van der Waals surface area (Å²) in [5.41, 5.74) is 0. The summed E-state index contributed by atoms with van der Waals surface area (Å²) in [4.78, 5) is 4.67. The van der Waals surface area contributed by atoms with Crippen molar-refractivity contribution in [3.8, 4) is 0 Å². The van der Waals surface area contributed by atoms with Gasteiger partial charge in [-0.1, -0.05) is 24.4 Å². The molecule has 0 unspecified atom stereocenters. The number of sulfonamides is 1. The van der Waals surface area contributed by atoms with Gasteiger partial charge in [0.1, 0.15) is 0 Å². The molecule has 2 aliphatic heterocycles. The number of hydrogen-bond acceptors (Lipinski definition) is 6. The predicted molar refractivity (Wildman–Crippen MR) is 115 cm³/mol. The normalized spacial score (nSPS) is 19.2. The topological polar surface area (TPSA) is 69.6 Å². The van der Waals surface area contributed by atoms with Crippen LogP contribution in [0.1, 0.15) is 25.7 Å². The third-order valence-electron chi connectivity index (χ3n) is 5.58. The van der Waals surface area contributed by atoms with Gasteiger partial charge >= 0.3 is 0 Å². The van der Waals surface area contributed by atoms with Crippen molar-refractivity contribution in [1.82, 2.24) is 14.5 Å². The molecule has 0 spiro atoms. The smallest absolute Gasteiger partial charge is 0.243 e. The maximum atomic E-state index is 12.8. The van der Waals surface area contributed by atoms with E-state index in [1.807, 2.05) is 12.1 Å². The summed E-state index contributed by atoms with van der Waals surface area (Å²) in [7, 11) is -3.50. The van der Waals surface area contributed by atoms with Crippen molar-refractivity contribution >= 4 is 33.3 Å². The lowest BCUT2D eigenvalue weighted by Gasteiger charge is -2.34. The first-order valence-electron chi connectivity index (χ1n) is 10.1. The molecule has 0 atom stereocenters. The summed E-state index contributed by atoms with van der Waals surface area (Å²) in [6.07, 6.45) is 4.97. The first kappa shape index (κ1) is 20.4. The van der Waals surface area contributed by atoms with Gasteiger partial charge in [0.15, 0.2) is 11.6 Å². The van der Waals surface area contributed by atoms with Crippen LogP contribution in [-0.4, -0.2) is 62.2 Å². The Hall–Kier alpha value is -1.90. The molecule has 0 saturated carbocycles. The molecular formula is C20H26ClN5O2S. The van der Waals surface area contributed by atoms with Crippen LogP contribution in [0.15, 0.2) is 41.3 Å². The van der Waals surface area contributed by atoms with Crippen molar-refractivity contribution in [2.24, 2.45) is 0 Å². The zero-order valence-electron chi connectivity index (χ0n) is 16.4. The van der Waals surface area contributed by atoms with E-state index in [1.54, 1.807) is 24.3 Å². The maximum absolute atomic E-state index is 12.8. The highest BCUT2D eigenvalue weighted by Crippen LogP contribution is 2.23. The van der Waals surface area contributed by atoms with Gasteiger partial charge in [0, 0.05) is 44.3 Å². The maximum Gasteiger partial charge on any atom is 0.243 e. The van der Waals surface area contributed by atoms with Crippen LogP contribution < -0.4 is 9.80 Å². The molecule has 9 heteroatoms. The summed E-state index contributed by atoms with van der Waals surface area (Å²) < 4.78 is 27.2. The lowest BCUT2D eigenvalue weighted by atomic mass is 10.2. The highest BCUT2D eigenvalue weighted by atomic mass is 35.5. The van der Waals surface area contributed by atoms with Gasteiger partial charge in [-0.3, -0.25) is 0 Å². The number of piperazine rings is 1. The molecule has 2 fully saturated rings. The molecule has 7 nitrogen and oxygen atoms in total. The average molecular weight is 436 g/mol. The summed E-state index contributed by atoms with van der Waals surface area (Å²) in [6.45, 7) is 4.08. The predicted octanol–water partition coefficient (Wildman–Crippen LogP) is 3.02. The lowest BCUT2D eigenvalue weighted by molar-refractivity contribution is 0.383. The van der Waals surface area contributed by atoms with E-state index >= 15 is 0 Å². The molecule has 2 aliphatic rings. The zero-order chi connectivity index (χ0) is 20.3. The first-order chi connectivity index (χ1) is 14.0. The number of benzene rings is 1. The number of rotatable bonds is 4. The quantitative estimate of drug-likeness (QED) is 0.735. The molecule has 0 bridgehead atoms. The van der Waals surface area contributed by atoms with Crippen LogP contribution in [0, 0.1) is 0 Å². The van der Waals surface area contributed by atoms with Gasteiger partial charge in [0.2, 0.25) is 10.0 Å². The van der Waals surface area contributed by atoms with Gasteiger partial charge in [0.05, 0.1) is 4.90 Å². The minimum Gasteiger partial charge on any atom is -0.355 e. The fraction of sp³-hybridized carbons (Fsp3) is 0.500. The molecular weight excluding hydrogens is 410 g/mol. The zero-order valence-corrected chi connectivity index (χ0v) is 17.9. The third-order valence-corrected chi connectivity index (χ3v) is 7.75. The van der Waals surface area contributed by atoms with Crippen LogP contribution in [0.2, 0.25) is 5.02 Å². The van der Waals surface area contributed by atoms with Crippen LogP contribution in [0.5, 0.6) is 0 Å². The second kappa shape index (κ2) is 8.85. The molecule has 0 N–H and O–H groups in total. The number of nitrogens with zero attached hydrogens (tertiary/aromatic N) is 5. The van der Waals surface area contributed by atoms with E-state index in [-0.39, 0.29) is 4.90 Å². The Morgan fingerprint density at radius 1 is 0.690 bits per heavy atom. The molecule has 2 saturated heterocycles. The Kier molecular flexibility index (Phi) is 6.22. The van der Waals surface area contributed by atoms with Gasteiger partial charge in [-0.2, -0.15) is 4.31 Å². The number of halogens is 1. The van der Waals surface area contributed by atoms with Gasteiger partial charge in [-0.25, -0.2) is 8.42 Å². The minimum absolute atomic E-state index is 0.275. The third kappa shape index (κ3) is 4.65. The molecule has 0 amide bonds. The lowest BCUT2D eigenvalue weighted by Crippen LogP contribution is -2.49. The molecule has 2 aromatic rings. The van der Waals surface area contributed by atoms with Crippen molar-refractivity contribution in [3.05, 3.63) is 41.4 Å². The van der Waals surface area contributed by atoms with Crippen LogP contribution in [-0.2, 0) is 10.0 Å². The standard InChI is InChI=1S/C20H26ClN5O2S/c21-17-5-7-18(8-6-17)29(27,28)26-15-13-25(14-16-26)20-10-9-19(22-23-20)24-11-3-1-2-4-12-24/h5-10H,1-4,11-16H2. The highest BCUT2D eigenvalue weighted by Gasteiger charge is 2.29. The second-order valence-corrected chi connectivity index (χ2v) is 9.87. The molecule has 1 aromatic heterocycles. The van der Waals surface area contributed by atoms with Crippen LogP contribution in [0.4, 0.5) is 11.6 Å². The van der Waals surface area contributed by atoms with Crippen molar-refractivity contribution in [2.75, 3.05) is 49.1 Å². The van der Waals surface area contributed by atoms with E-state index in [4.69, 9.17) is 11.6 Å². The van der Waals surface area contributed by atoms with Crippen LogP contribution in [0.25, 0.3) is 0 Å². The minimum atomic E-state index is -3.50. The van der Waals surface area contributed by atoms with Crippen LogP contribution in [0.3, 0.4) is 0 Å². The molecule has 29 heavy (non-hydrogen) atoms. The molecule has 0 radical (unpaired) electrons. The number of anilines is 2. The number of hydrogen-bond donors (Lipinski definition) is 0. The van der Waals surface area contributed by atoms with Gasteiger partial charge in [-0.15, -0.1) is 10.2 Å². The largest absolute Gasteiger partial charge is 0.355 e. The second-order valence-electron chi connectivity index (χ2n) is 7.50. The van der Waals surface area contributed by atoms with E-state index in [0.29, 0.717) is 31.2 Å². The Balaban J connectivity index is 1.38. The first-order valence-corrected chi connectivity index (χ1v) is 12.0. The van der Waals surface area contributed by atoms with Crippen molar-refractivity contribution in [2.45, 2.75) is 30.6 Å². The van der Waals surface area contributed by atoms with E-state index < -0.39 is 10.0 Å². The Morgan fingerprint density at radius 2 is 1.21 bits per heavy atom. The van der Waals surface area contributed by atoms with Gasteiger partial charge in [0.25, 0.3) is 0 Å². The molecule has 3 heterocycles. The summed E-state index contributed by atoms with van der Waals surface area (Å²) in [6, 6.07) is 10.3. The summed E-state index contributed by atoms with van der Waals surface area (Å²) in [5, 5.41) is 9.37. The monoisotopic (exact) mass is 435 g/mol. The Bertz CT molecular complexity index is 905. The molecule has 1 aromatic carbocycles. The number of aromatic nitrogens is 2. The average Bonchev–Trinajstić information content (AvgIpc) is 3.04. The highest BCUT2D eigenvalue weighted by molar-refractivity contribution is 7.89. The molecule has 156 valence electrons. The van der Waals surface area contributed by atoms with Crippen molar-refractivity contribution < 1.29 is 8.42 Å². The van der Waals surface area contributed by atoms with E-state index in [1.165, 1.54) is 30.0 Å². The van der Waals surface area contributed by atoms with E-state index in [9.17, 15) is 8.42 Å². The van der Waals surface area contributed by atoms with Gasteiger partial charge < -0.3 is 9.80 Å². The summed E-state index contributed by atoms with van der Waals surface area (Å²) >= 11 is 5.87. The van der Waals surface area contributed by atoms with Crippen molar-refractivity contribution in [1.29, 1.82) is 0 Å². The van der Waals surface area contributed by atoms with E-state index in [0.717, 1.165) is 24.7 Å². The van der Waals surface area contributed by atoms with Crippen LogP contribution >= 0.6 is 11.6 Å². The molecule has 4 rings (SSSR count). The fourth-order valence-corrected chi connectivity index (χ4v) is 5.42. The molecule has 0 aliphatic carbocycles. The Morgan fingerprint density at radius 3 is 1.72 bits per heavy atom. The summed E-state index contributed by atoms with van der Waals surface area (Å²) in [5.74, 6) is 1.73. The Labute approximate surface area is 177 Å². The SMILES string of the molecule is O=S(=O)(c1ccc(Cl)cc1)N1CCN(c2ccc(N3CCCCCC3)nn2)CC1. The van der Waals surface area contributed by atoms with Gasteiger partial charge in [-0.05, 0) is 49.2 Å². The van der Waals surface area contributed by atoms with E-state index in [2.05, 4.69) is 20.0 Å². The fourth-order valence-electron chi connectivity index (χ4n) is 3.87.